The van der Waals surface area contributed by atoms with Crippen LogP contribution in [-0.2, 0) is 9.53 Å². The number of rotatable bonds is 5. The van der Waals surface area contributed by atoms with Crippen molar-refractivity contribution in [3.05, 3.63) is 0 Å². The number of aliphatic hydroxyl groups excluding tert-OH is 2. The molecular formula is C12H23NO4. The van der Waals surface area contributed by atoms with Crippen LogP contribution < -0.4 is 0 Å². The molecule has 0 aliphatic carbocycles. The predicted octanol–water partition coefficient (Wildman–Crippen LogP) is 0.00320. The van der Waals surface area contributed by atoms with Crippen LogP contribution in [0.15, 0.2) is 0 Å². The largest absolute Gasteiger partial charge is 0.466 e. The van der Waals surface area contributed by atoms with E-state index in [-0.39, 0.29) is 24.4 Å². The Hall–Kier alpha value is -0.650. The van der Waals surface area contributed by atoms with Crippen molar-refractivity contribution in [2.75, 3.05) is 26.2 Å². The molecule has 1 saturated heterocycles. The van der Waals surface area contributed by atoms with Crippen LogP contribution in [0, 0.1) is 5.92 Å². The molecule has 0 radical (unpaired) electrons. The van der Waals surface area contributed by atoms with Crippen LogP contribution in [-0.4, -0.2) is 59.5 Å². The molecule has 0 aromatic carbocycles. The molecule has 1 rings (SSSR count). The van der Waals surface area contributed by atoms with Crippen molar-refractivity contribution in [1.29, 1.82) is 0 Å². The van der Waals surface area contributed by atoms with Gasteiger partial charge in [0.15, 0.2) is 0 Å². The van der Waals surface area contributed by atoms with Crippen LogP contribution in [0.2, 0.25) is 0 Å². The number of hydrogen-bond donors (Lipinski definition) is 2. The van der Waals surface area contributed by atoms with Gasteiger partial charge in [-0.25, -0.2) is 0 Å². The highest BCUT2D eigenvalue weighted by Crippen LogP contribution is 2.16. The van der Waals surface area contributed by atoms with Crippen molar-refractivity contribution in [3.8, 4) is 0 Å². The van der Waals surface area contributed by atoms with Crippen LogP contribution in [0.3, 0.4) is 0 Å². The Bertz CT molecular complexity index is 247. The van der Waals surface area contributed by atoms with Crippen molar-refractivity contribution in [2.24, 2.45) is 5.92 Å². The minimum Gasteiger partial charge on any atom is -0.466 e. The molecule has 0 saturated carbocycles. The SMILES string of the molecule is CCOC(=O)CC(O)CN1CCC(O)C(C)C1. The fourth-order valence-electron chi connectivity index (χ4n) is 2.16. The molecule has 0 amide bonds. The maximum Gasteiger partial charge on any atom is 0.308 e. The number of esters is 1. The molecule has 1 aliphatic rings. The summed E-state index contributed by atoms with van der Waals surface area (Å²) >= 11 is 0. The minimum atomic E-state index is -0.684. The summed E-state index contributed by atoms with van der Waals surface area (Å²) in [7, 11) is 0. The Morgan fingerprint density at radius 2 is 2.29 bits per heavy atom. The third-order valence-electron chi connectivity index (χ3n) is 3.12. The number of piperidine rings is 1. The predicted molar refractivity (Wildman–Crippen MR) is 63.5 cm³/mol. The third kappa shape index (κ3) is 5.02. The van der Waals surface area contributed by atoms with Gasteiger partial charge in [-0.1, -0.05) is 6.92 Å². The number of ether oxygens (including phenoxy) is 1. The standard InChI is InChI=1S/C12H23NO4/c1-3-17-12(16)6-10(14)8-13-5-4-11(15)9(2)7-13/h9-11,14-15H,3-8H2,1-2H3. The van der Waals surface area contributed by atoms with E-state index in [1.165, 1.54) is 0 Å². The zero-order valence-electron chi connectivity index (χ0n) is 10.6. The summed E-state index contributed by atoms with van der Waals surface area (Å²) < 4.78 is 4.78. The van der Waals surface area contributed by atoms with E-state index >= 15 is 0 Å². The summed E-state index contributed by atoms with van der Waals surface area (Å²) in [5.41, 5.74) is 0. The molecule has 2 N–H and O–H groups in total. The molecule has 1 heterocycles. The molecule has 17 heavy (non-hydrogen) atoms. The summed E-state index contributed by atoms with van der Waals surface area (Å²) in [6.45, 7) is 6.09. The monoisotopic (exact) mass is 245 g/mol. The summed E-state index contributed by atoms with van der Waals surface area (Å²) in [6, 6.07) is 0. The van der Waals surface area contributed by atoms with Crippen molar-refractivity contribution in [3.63, 3.8) is 0 Å². The number of carbonyl (C=O) groups excluding carboxylic acids is 1. The van der Waals surface area contributed by atoms with Gasteiger partial charge in [0.05, 0.1) is 25.2 Å². The highest BCUT2D eigenvalue weighted by Gasteiger charge is 2.25. The topological polar surface area (TPSA) is 70.0 Å². The molecule has 100 valence electrons. The summed E-state index contributed by atoms with van der Waals surface area (Å²) in [4.78, 5) is 13.3. The van der Waals surface area contributed by atoms with E-state index in [4.69, 9.17) is 4.74 Å². The van der Waals surface area contributed by atoms with E-state index in [1.807, 2.05) is 6.92 Å². The van der Waals surface area contributed by atoms with Gasteiger partial charge in [-0.05, 0) is 19.3 Å². The molecule has 0 aromatic rings. The first-order chi connectivity index (χ1) is 8.02. The smallest absolute Gasteiger partial charge is 0.308 e. The van der Waals surface area contributed by atoms with Crippen LogP contribution >= 0.6 is 0 Å². The maximum absolute atomic E-state index is 11.2. The fourth-order valence-corrected chi connectivity index (χ4v) is 2.16. The first-order valence-corrected chi connectivity index (χ1v) is 6.27. The highest BCUT2D eigenvalue weighted by molar-refractivity contribution is 5.69. The van der Waals surface area contributed by atoms with E-state index in [0.717, 1.165) is 19.5 Å². The van der Waals surface area contributed by atoms with Crippen molar-refractivity contribution >= 4 is 5.97 Å². The Morgan fingerprint density at radius 3 is 2.88 bits per heavy atom. The van der Waals surface area contributed by atoms with Crippen LogP contribution in [0.25, 0.3) is 0 Å². The average Bonchev–Trinajstić information content (AvgIpc) is 2.23. The number of likely N-dealkylation sites (tertiary alicyclic amines) is 1. The molecule has 0 aromatic heterocycles. The molecule has 0 spiro atoms. The summed E-state index contributed by atoms with van der Waals surface area (Å²) in [5.74, 6) is -0.136. The molecule has 3 atom stereocenters. The summed E-state index contributed by atoms with van der Waals surface area (Å²) in [5, 5.41) is 19.3. The van der Waals surface area contributed by atoms with Crippen LogP contribution in [0.4, 0.5) is 0 Å². The highest BCUT2D eigenvalue weighted by atomic mass is 16.5. The normalized spacial score (nSPS) is 27.8. The molecule has 5 heteroatoms. The van der Waals surface area contributed by atoms with E-state index in [1.54, 1.807) is 6.92 Å². The van der Waals surface area contributed by atoms with E-state index in [0.29, 0.717) is 13.2 Å². The Labute approximate surface area is 102 Å². The number of nitrogens with zero attached hydrogens (tertiary/aromatic N) is 1. The molecule has 5 nitrogen and oxygen atoms in total. The lowest BCUT2D eigenvalue weighted by Crippen LogP contribution is -2.45. The van der Waals surface area contributed by atoms with E-state index in [2.05, 4.69) is 4.90 Å². The van der Waals surface area contributed by atoms with Gasteiger partial charge < -0.3 is 19.8 Å². The van der Waals surface area contributed by atoms with Gasteiger partial charge in [-0.3, -0.25) is 4.79 Å². The second-order valence-electron chi connectivity index (χ2n) is 4.76. The molecule has 1 fully saturated rings. The summed E-state index contributed by atoms with van der Waals surface area (Å²) in [6.07, 6.45) is -0.154. The zero-order chi connectivity index (χ0) is 12.8. The van der Waals surface area contributed by atoms with E-state index < -0.39 is 6.10 Å². The number of aliphatic hydroxyl groups is 2. The Balaban J connectivity index is 2.26. The van der Waals surface area contributed by atoms with Crippen LogP contribution in [0.1, 0.15) is 26.7 Å². The van der Waals surface area contributed by atoms with Crippen molar-refractivity contribution < 1.29 is 19.7 Å². The minimum absolute atomic E-state index is 0.0429. The number of carbonyl (C=O) groups is 1. The number of β-amino-alcohol motifs (C(OH)–C–C–N with tert-alkyl or cyclic N) is 1. The van der Waals surface area contributed by atoms with Gasteiger partial charge >= 0.3 is 5.97 Å². The van der Waals surface area contributed by atoms with Crippen molar-refractivity contribution in [1.82, 2.24) is 4.90 Å². The van der Waals surface area contributed by atoms with Gasteiger partial charge in [-0.15, -0.1) is 0 Å². The lowest BCUT2D eigenvalue weighted by molar-refractivity contribution is -0.145. The quantitative estimate of drug-likeness (QED) is 0.667. The van der Waals surface area contributed by atoms with Gasteiger partial charge in [0.25, 0.3) is 0 Å². The third-order valence-corrected chi connectivity index (χ3v) is 3.12. The maximum atomic E-state index is 11.2. The Kier molecular flexibility index (Phi) is 5.88. The van der Waals surface area contributed by atoms with Gasteiger partial charge in [0.1, 0.15) is 0 Å². The zero-order valence-corrected chi connectivity index (χ0v) is 10.6. The lowest BCUT2D eigenvalue weighted by atomic mass is 9.96. The molecule has 0 bridgehead atoms. The van der Waals surface area contributed by atoms with Gasteiger partial charge in [-0.2, -0.15) is 0 Å². The number of hydrogen-bond acceptors (Lipinski definition) is 5. The molecule has 3 unspecified atom stereocenters. The molecule has 1 aliphatic heterocycles. The second kappa shape index (κ2) is 6.93. The Morgan fingerprint density at radius 1 is 1.59 bits per heavy atom. The van der Waals surface area contributed by atoms with Crippen LogP contribution in [0.5, 0.6) is 0 Å². The van der Waals surface area contributed by atoms with E-state index in [9.17, 15) is 15.0 Å². The average molecular weight is 245 g/mol. The lowest BCUT2D eigenvalue weighted by Gasteiger charge is -2.35. The first-order valence-electron chi connectivity index (χ1n) is 6.27. The molecular weight excluding hydrogens is 222 g/mol. The first kappa shape index (κ1) is 14.4. The van der Waals surface area contributed by atoms with Crippen molar-refractivity contribution in [2.45, 2.75) is 38.9 Å². The second-order valence-corrected chi connectivity index (χ2v) is 4.76. The van der Waals surface area contributed by atoms with Gasteiger partial charge in [0, 0.05) is 19.6 Å². The van der Waals surface area contributed by atoms with Gasteiger partial charge in [0.2, 0.25) is 0 Å². The fraction of sp³-hybridized carbons (Fsp3) is 0.917.